The van der Waals surface area contributed by atoms with Crippen molar-refractivity contribution in [1.29, 1.82) is 0 Å². The molecule has 3 heterocycles. The lowest BCUT2D eigenvalue weighted by molar-refractivity contribution is -0.137. The quantitative estimate of drug-likeness (QED) is 0.599. The minimum absolute atomic E-state index is 0.000155. The smallest absolute Gasteiger partial charge is 0.320 e. The number of fused-ring (bicyclic) bond motifs is 3. The summed E-state index contributed by atoms with van der Waals surface area (Å²) < 4.78 is 56.7. The zero-order valence-electron chi connectivity index (χ0n) is 16.3. The molecule has 0 spiro atoms. The monoisotopic (exact) mass is 425 g/mol. The van der Waals surface area contributed by atoms with Crippen molar-refractivity contribution in [2.45, 2.75) is 25.7 Å². The van der Waals surface area contributed by atoms with Crippen LogP contribution in [-0.4, -0.2) is 36.7 Å². The molecule has 0 fully saturated rings. The van der Waals surface area contributed by atoms with Crippen LogP contribution in [-0.2, 0) is 39.8 Å². The third-order valence-corrected chi connectivity index (χ3v) is 5.50. The molecule has 0 bridgehead atoms. The largest absolute Gasteiger partial charge is 0.416 e. The molecule has 2 aromatic heterocycles. The fourth-order valence-corrected chi connectivity index (χ4v) is 3.79. The highest BCUT2D eigenvalue weighted by Crippen LogP contribution is 2.30. The number of aryl methyl sites for hydroxylation is 1. The molecule has 0 radical (unpaired) electrons. The number of alkyl halides is 3. The third-order valence-electron chi connectivity index (χ3n) is 5.50. The van der Waals surface area contributed by atoms with Crippen molar-refractivity contribution < 1.29 is 17.6 Å². The van der Waals surface area contributed by atoms with Gasteiger partial charge in [-0.25, -0.2) is 14.2 Å². The van der Waals surface area contributed by atoms with Gasteiger partial charge in [0.15, 0.2) is 11.2 Å². The van der Waals surface area contributed by atoms with E-state index in [1.165, 1.54) is 18.7 Å². The number of imidazole rings is 1. The molecule has 0 N–H and O–H groups in total. The molecule has 0 amide bonds. The summed E-state index contributed by atoms with van der Waals surface area (Å²) in [4.78, 5) is 31.0. The number of halogens is 4. The van der Waals surface area contributed by atoms with E-state index in [0.717, 1.165) is 22.8 Å². The first-order valence-corrected chi connectivity index (χ1v) is 9.31. The molecule has 1 aromatic carbocycles. The van der Waals surface area contributed by atoms with Crippen molar-refractivity contribution in [3.63, 3.8) is 0 Å². The lowest BCUT2D eigenvalue weighted by atomic mass is 10.1. The summed E-state index contributed by atoms with van der Waals surface area (Å²) in [6, 6.07) is 2.41. The maximum Gasteiger partial charge on any atom is 0.416 e. The molecule has 0 atom stereocenters. The summed E-state index contributed by atoms with van der Waals surface area (Å²) in [6.07, 6.45) is -4.42. The van der Waals surface area contributed by atoms with Crippen LogP contribution in [0.1, 0.15) is 17.0 Å². The minimum atomic E-state index is -4.53. The van der Waals surface area contributed by atoms with E-state index in [1.807, 2.05) is 4.90 Å². The van der Waals surface area contributed by atoms with Gasteiger partial charge >= 0.3 is 11.9 Å². The number of hydrogen-bond acceptors (Lipinski definition) is 4. The minimum Gasteiger partial charge on any atom is -0.320 e. The van der Waals surface area contributed by atoms with Crippen LogP contribution in [0.2, 0.25) is 0 Å². The van der Waals surface area contributed by atoms with Gasteiger partial charge in [-0.15, -0.1) is 0 Å². The SMILES string of the molecule is Cn1c(=O)c2c(nc3n2CCN(CCc2cc(C(F)(F)F)ccc2F)C3)n(C)c1=O. The lowest BCUT2D eigenvalue weighted by Crippen LogP contribution is -2.39. The summed E-state index contributed by atoms with van der Waals surface area (Å²) in [7, 11) is 2.94. The Hall–Kier alpha value is -2.95. The van der Waals surface area contributed by atoms with Crippen molar-refractivity contribution in [1.82, 2.24) is 23.6 Å². The predicted molar refractivity (Wildman–Crippen MR) is 101 cm³/mol. The van der Waals surface area contributed by atoms with Gasteiger partial charge in [0.1, 0.15) is 11.6 Å². The molecule has 1 aliphatic heterocycles. The molecular formula is C19H19F4N5O2. The van der Waals surface area contributed by atoms with E-state index >= 15 is 0 Å². The van der Waals surface area contributed by atoms with E-state index in [2.05, 4.69) is 4.98 Å². The van der Waals surface area contributed by atoms with Crippen molar-refractivity contribution in [2.75, 3.05) is 13.1 Å². The summed E-state index contributed by atoms with van der Waals surface area (Å²) in [6.45, 7) is 1.63. The van der Waals surface area contributed by atoms with Crippen LogP contribution in [0.5, 0.6) is 0 Å². The molecule has 0 saturated heterocycles. The van der Waals surface area contributed by atoms with Crippen molar-refractivity contribution in [3.8, 4) is 0 Å². The van der Waals surface area contributed by atoms with Crippen LogP contribution >= 0.6 is 0 Å². The lowest BCUT2D eigenvalue weighted by Gasteiger charge is -2.27. The average Bonchev–Trinajstić information content (AvgIpc) is 3.08. The number of nitrogens with zero attached hydrogens (tertiary/aromatic N) is 5. The first-order valence-electron chi connectivity index (χ1n) is 9.31. The van der Waals surface area contributed by atoms with Crippen LogP contribution in [0.25, 0.3) is 11.2 Å². The van der Waals surface area contributed by atoms with Crippen molar-refractivity contribution in [2.24, 2.45) is 14.1 Å². The Bertz CT molecular complexity index is 1260. The Morgan fingerprint density at radius 3 is 2.53 bits per heavy atom. The number of rotatable bonds is 3. The van der Waals surface area contributed by atoms with Crippen LogP contribution < -0.4 is 11.2 Å². The maximum absolute atomic E-state index is 14.0. The molecular weight excluding hydrogens is 406 g/mol. The first kappa shape index (κ1) is 20.3. The van der Waals surface area contributed by atoms with Gasteiger partial charge in [0.25, 0.3) is 5.56 Å². The van der Waals surface area contributed by atoms with Gasteiger partial charge in [0, 0.05) is 33.7 Å². The van der Waals surface area contributed by atoms with Crippen molar-refractivity contribution in [3.05, 3.63) is 61.8 Å². The number of aromatic nitrogens is 4. The normalized spacial score (nSPS) is 15.0. The average molecular weight is 425 g/mol. The van der Waals surface area contributed by atoms with E-state index in [1.54, 1.807) is 4.57 Å². The molecule has 3 aromatic rings. The van der Waals surface area contributed by atoms with E-state index in [4.69, 9.17) is 0 Å². The highest BCUT2D eigenvalue weighted by molar-refractivity contribution is 5.71. The summed E-state index contributed by atoms with van der Waals surface area (Å²) in [5.41, 5.74) is -1.13. The van der Waals surface area contributed by atoms with Gasteiger partial charge in [-0.2, -0.15) is 13.2 Å². The summed E-state index contributed by atoms with van der Waals surface area (Å²) >= 11 is 0. The second-order valence-corrected chi connectivity index (χ2v) is 7.39. The van der Waals surface area contributed by atoms with Crippen LogP contribution in [0, 0.1) is 5.82 Å². The molecule has 30 heavy (non-hydrogen) atoms. The fraction of sp³-hybridized carbons (Fsp3) is 0.421. The highest BCUT2D eigenvalue weighted by atomic mass is 19.4. The number of hydrogen-bond donors (Lipinski definition) is 0. The van der Waals surface area contributed by atoms with E-state index in [-0.39, 0.29) is 12.0 Å². The standard InChI is InChI=1S/C19H19F4N5O2/c1-25-16-15(17(29)26(2)18(25)30)28-8-7-27(10-14(28)24-16)6-5-11-9-12(19(21,22)23)3-4-13(11)20/h3-4,9H,5-8,10H2,1-2H3. The summed E-state index contributed by atoms with van der Waals surface area (Å²) in [5, 5.41) is 0. The summed E-state index contributed by atoms with van der Waals surface area (Å²) in [5.74, 6) is -0.0928. The Kier molecular flexibility index (Phi) is 4.80. The van der Waals surface area contributed by atoms with E-state index in [9.17, 15) is 27.2 Å². The molecule has 7 nitrogen and oxygen atoms in total. The van der Waals surface area contributed by atoms with Gasteiger partial charge in [0.2, 0.25) is 0 Å². The van der Waals surface area contributed by atoms with Gasteiger partial charge in [-0.3, -0.25) is 18.8 Å². The maximum atomic E-state index is 14.0. The Balaban J connectivity index is 1.58. The Labute approximate surface area is 167 Å². The van der Waals surface area contributed by atoms with Gasteiger partial charge in [-0.05, 0) is 30.2 Å². The second kappa shape index (κ2) is 7.08. The van der Waals surface area contributed by atoms with Crippen LogP contribution in [0.15, 0.2) is 27.8 Å². The first-order chi connectivity index (χ1) is 14.1. The molecule has 0 saturated carbocycles. The van der Waals surface area contributed by atoms with E-state index in [0.29, 0.717) is 43.2 Å². The zero-order valence-corrected chi connectivity index (χ0v) is 16.3. The molecule has 11 heteroatoms. The molecule has 0 unspecified atom stereocenters. The van der Waals surface area contributed by atoms with Gasteiger partial charge in [-0.1, -0.05) is 0 Å². The Morgan fingerprint density at radius 2 is 1.83 bits per heavy atom. The zero-order chi connectivity index (χ0) is 21.8. The van der Waals surface area contributed by atoms with E-state index < -0.39 is 28.8 Å². The van der Waals surface area contributed by atoms with Gasteiger partial charge < -0.3 is 4.57 Å². The molecule has 1 aliphatic rings. The molecule has 160 valence electrons. The van der Waals surface area contributed by atoms with Crippen LogP contribution in [0.4, 0.5) is 17.6 Å². The van der Waals surface area contributed by atoms with Crippen LogP contribution in [0.3, 0.4) is 0 Å². The van der Waals surface area contributed by atoms with Crippen molar-refractivity contribution >= 4 is 11.2 Å². The topological polar surface area (TPSA) is 65.1 Å². The highest BCUT2D eigenvalue weighted by Gasteiger charge is 2.31. The number of benzene rings is 1. The molecule has 0 aliphatic carbocycles. The fourth-order valence-electron chi connectivity index (χ4n) is 3.79. The third kappa shape index (κ3) is 3.32. The predicted octanol–water partition coefficient (Wildman–Crippen LogP) is 1.65. The second-order valence-electron chi connectivity index (χ2n) is 7.39. The van der Waals surface area contributed by atoms with Gasteiger partial charge in [0.05, 0.1) is 12.1 Å². The molecule has 4 rings (SSSR count). The Morgan fingerprint density at radius 1 is 1.10 bits per heavy atom.